The van der Waals surface area contributed by atoms with Gasteiger partial charge in [-0.3, -0.25) is 4.79 Å². The summed E-state index contributed by atoms with van der Waals surface area (Å²) in [6.45, 7) is 3.48. The molecule has 0 N–H and O–H groups in total. The van der Waals surface area contributed by atoms with Gasteiger partial charge < -0.3 is 4.74 Å². The molecule has 1 atom stereocenters. The number of rotatable bonds is 4. The maximum Gasteiger partial charge on any atom is 0.338 e. The fourth-order valence-electron chi connectivity index (χ4n) is 1.92. The molecule has 4 nitrogen and oxygen atoms in total. The minimum Gasteiger partial charge on any atom is -0.451 e. The number of Topliss-reactive ketones (excluding diaryl/α,β-unsaturated/α-hetero) is 1. The van der Waals surface area contributed by atoms with E-state index in [-0.39, 0.29) is 5.78 Å². The number of hydrogen-bond acceptors (Lipinski definition) is 4. The second-order valence-corrected chi connectivity index (χ2v) is 4.97. The van der Waals surface area contributed by atoms with Crippen LogP contribution in [0.3, 0.4) is 0 Å². The van der Waals surface area contributed by atoms with Crippen molar-refractivity contribution >= 4 is 11.8 Å². The fourth-order valence-corrected chi connectivity index (χ4v) is 1.92. The molecule has 0 fully saturated rings. The Kier molecular flexibility index (Phi) is 4.70. The quantitative estimate of drug-likeness (QED) is 0.640. The Hall–Kier alpha value is -2.93. The number of ether oxygens (including phenoxy) is 1. The number of ketones is 1. The van der Waals surface area contributed by atoms with Crippen LogP contribution in [-0.2, 0) is 4.74 Å². The summed E-state index contributed by atoms with van der Waals surface area (Å²) in [5.74, 6) is -0.834. The predicted octanol–water partition coefficient (Wildman–Crippen LogP) is 3.29. The molecule has 0 saturated carbocycles. The third-order valence-electron chi connectivity index (χ3n) is 3.24. The molecule has 4 heteroatoms. The van der Waals surface area contributed by atoms with Crippen LogP contribution >= 0.6 is 0 Å². The van der Waals surface area contributed by atoms with Gasteiger partial charge in [0.15, 0.2) is 6.10 Å². The second-order valence-electron chi connectivity index (χ2n) is 4.97. The first kappa shape index (κ1) is 15.5. The van der Waals surface area contributed by atoms with E-state index >= 15 is 0 Å². The van der Waals surface area contributed by atoms with Crippen molar-refractivity contribution in [2.75, 3.05) is 0 Å². The van der Waals surface area contributed by atoms with Crippen molar-refractivity contribution in [3.8, 4) is 6.07 Å². The summed E-state index contributed by atoms with van der Waals surface area (Å²) < 4.78 is 5.18. The average Bonchev–Trinajstić information content (AvgIpc) is 2.54. The Labute approximate surface area is 129 Å². The molecule has 0 heterocycles. The van der Waals surface area contributed by atoms with Crippen LogP contribution in [0.4, 0.5) is 0 Å². The summed E-state index contributed by atoms with van der Waals surface area (Å²) in [5.41, 5.74) is 2.33. The topological polar surface area (TPSA) is 67.2 Å². The first-order chi connectivity index (χ1) is 10.5. The number of nitriles is 1. The van der Waals surface area contributed by atoms with Crippen molar-refractivity contribution in [3.63, 3.8) is 0 Å². The molecule has 0 saturated heterocycles. The first-order valence-corrected chi connectivity index (χ1v) is 6.83. The van der Waals surface area contributed by atoms with E-state index in [9.17, 15) is 9.59 Å². The van der Waals surface area contributed by atoms with Crippen LogP contribution in [0.15, 0.2) is 48.5 Å². The van der Waals surface area contributed by atoms with E-state index in [0.29, 0.717) is 16.7 Å². The zero-order valence-electron chi connectivity index (χ0n) is 12.4. The van der Waals surface area contributed by atoms with Crippen molar-refractivity contribution in [1.82, 2.24) is 0 Å². The Morgan fingerprint density at radius 1 is 1.00 bits per heavy atom. The summed E-state index contributed by atoms with van der Waals surface area (Å²) in [7, 11) is 0. The van der Waals surface area contributed by atoms with Gasteiger partial charge in [0.05, 0.1) is 17.2 Å². The Morgan fingerprint density at radius 2 is 1.55 bits per heavy atom. The standard InChI is InChI=1S/C18H15NO3/c1-12-3-7-15(8-4-12)17(20)13(2)22-18(21)16-9-5-14(11-19)6-10-16/h3-10,13H,1-2H3/t13-/m1/s1. The molecular formula is C18H15NO3. The highest BCUT2D eigenvalue weighted by Gasteiger charge is 2.20. The molecule has 2 rings (SSSR count). The molecule has 2 aromatic rings. The number of hydrogen-bond donors (Lipinski definition) is 0. The number of aryl methyl sites for hydroxylation is 1. The Morgan fingerprint density at radius 3 is 2.09 bits per heavy atom. The third kappa shape index (κ3) is 3.58. The largest absolute Gasteiger partial charge is 0.451 e. The number of esters is 1. The molecule has 0 amide bonds. The second kappa shape index (κ2) is 6.68. The van der Waals surface area contributed by atoms with Crippen LogP contribution in [0.5, 0.6) is 0 Å². The van der Waals surface area contributed by atoms with E-state index in [2.05, 4.69) is 0 Å². The number of benzene rings is 2. The summed E-state index contributed by atoms with van der Waals surface area (Å²) in [5, 5.41) is 8.72. The molecule has 0 bridgehead atoms. The zero-order chi connectivity index (χ0) is 16.1. The van der Waals surface area contributed by atoms with E-state index < -0.39 is 12.1 Å². The molecule has 0 spiro atoms. The number of carbonyl (C=O) groups excluding carboxylic acids is 2. The molecule has 0 radical (unpaired) electrons. The van der Waals surface area contributed by atoms with Crippen LogP contribution in [0.25, 0.3) is 0 Å². The lowest BCUT2D eigenvalue weighted by atomic mass is 10.1. The zero-order valence-corrected chi connectivity index (χ0v) is 12.4. The number of nitrogens with zero attached hydrogens (tertiary/aromatic N) is 1. The normalized spacial score (nSPS) is 11.3. The number of carbonyl (C=O) groups is 2. The van der Waals surface area contributed by atoms with E-state index in [4.69, 9.17) is 10.00 Å². The van der Waals surface area contributed by atoms with Crippen molar-refractivity contribution in [3.05, 3.63) is 70.8 Å². The molecule has 0 unspecified atom stereocenters. The van der Waals surface area contributed by atoms with Gasteiger partial charge in [0, 0.05) is 5.56 Å². The average molecular weight is 293 g/mol. The van der Waals surface area contributed by atoms with Crippen LogP contribution < -0.4 is 0 Å². The van der Waals surface area contributed by atoms with Gasteiger partial charge in [-0.1, -0.05) is 29.8 Å². The molecule has 2 aromatic carbocycles. The summed E-state index contributed by atoms with van der Waals surface area (Å²) in [6.07, 6.45) is -0.870. The van der Waals surface area contributed by atoms with Gasteiger partial charge in [-0.25, -0.2) is 4.79 Å². The van der Waals surface area contributed by atoms with Crippen LogP contribution in [0.2, 0.25) is 0 Å². The van der Waals surface area contributed by atoms with Gasteiger partial charge in [-0.15, -0.1) is 0 Å². The maximum absolute atomic E-state index is 12.2. The predicted molar refractivity (Wildman–Crippen MR) is 81.5 cm³/mol. The molecule has 22 heavy (non-hydrogen) atoms. The Bertz CT molecular complexity index is 724. The van der Waals surface area contributed by atoms with Gasteiger partial charge in [-0.05, 0) is 38.1 Å². The van der Waals surface area contributed by atoms with Crippen LogP contribution in [0, 0.1) is 18.3 Å². The lowest BCUT2D eigenvalue weighted by molar-refractivity contribution is 0.0319. The lowest BCUT2D eigenvalue weighted by Gasteiger charge is -2.12. The molecule has 110 valence electrons. The SMILES string of the molecule is Cc1ccc(C(=O)[C@@H](C)OC(=O)c2ccc(C#N)cc2)cc1. The highest BCUT2D eigenvalue weighted by molar-refractivity contribution is 6.01. The minimum atomic E-state index is -0.870. The lowest BCUT2D eigenvalue weighted by Crippen LogP contribution is -2.24. The highest BCUT2D eigenvalue weighted by Crippen LogP contribution is 2.11. The van der Waals surface area contributed by atoms with Gasteiger partial charge >= 0.3 is 5.97 Å². The van der Waals surface area contributed by atoms with E-state index in [1.54, 1.807) is 19.1 Å². The van der Waals surface area contributed by atoms with E-state index in [0.717, 1.165) is 5.56 Å². The van der Waals surface area contributed by atoms with Crippen molar-refractivity contribution < 1.29 is 14.3 Å². The van der Waals surface area contributed by atoms with Gasteiger partial charge in [0.2, 0.25) is 5.78 Å². The molecular weight excluding hydrogens is 278 g/mol. The monoisotopic (exact) mass is 293 g/mol. The summed E-state index contributed by atoms with van der Waals surface area (Å²) in [6, 6.07) is 15.1. The first-order valence-electron chi connectivity index (χ1n) is 6.83. The van der Waals surface area contributed by atoms with Gasteiger partial charge in [0.25, 0.3) is 0 Å². The molecule has 0 aromatic heterocycles. The van der Waals surface area contributed by atoms with E-state index in [1.165, 1.54) is 24.3 Å². The summed E-state index contributed by atoms with van der Waals surface area (Å²) >= 11 is 0. The molecule has 0 aliphatic carbocycles. The molecule has 0 aliphatic heterocycles. The van der Waals surface area contributed by atoms with Crippen molar-refractivity contribution in [1.29, 1.82) is 5.26 Å². The van der Waals surface area contributed by atoms with Crippen molar-refractivity contribution in [2.24, 2.45) is 0 Å². The van der Waals surface area contributed by atoms with Crippen LogP contribution in [-0.4, -0.2) is 17.9 Å². The highest BCUT2D eigenvalue weighted by atomic mass is 16.5. The van der Waals surface area contributed by atoms with Gasteiger partial charge in [-0.2, -0.15) is 5.26 Å². The smallest absolute Gasteiger partial charge is 0.338 e. The molecule has 0 aliphatic rings. The fraction of sp³-hybridized carbons (Fsp3) is 0.167. The van der Waals surface area contributed by atoms with Gasteiger partial charge in [0.1, 0.15) is 0 Å². The van der Waals surface area contributed by atoms with Crippen LogP contribution in [0.1, 0.15) is 38.8 Å². The Balaban J connectivity index is 2.05. The van der Waals surface area contributed by atoms with Crippen molar-refractivity contribution in [2.45, 2.75) is 20.0 Å². The summed E-state index contributed by atoms with van der Waals surface area (Å²) in [4.78, 5) is 24.2. The minimum absolute atomic E-state index is 0.248. The van der Waals surface area contributed by atoms with E-state index in [1.807, 2.05) is 25.1 Å². The maximum atomic E-state index is 12.2. The third-order valence-corrected chi connectivity index (χ3v) is 3.24.